The molecule has 1 aliphatic rings. The molecule has 0 bridgehead atoms. The molecule has 2 aromatic carbocycles. The summed E-state index contributed by atoms with van der Waals surface area (Å²) < 4.78 is 10.5. The van der Waals surface area contributed by atoms with Gasteiger partial charge in [0.2, 0.25) is 0 Å². The highest BCUT2D eigenvalue weighted by Crippen LogP contribution is 2.31. The minimum atomic E-state index is -0.540. The summed E-state index contributed by atoms with van der Waals surface area (Å²) >= 11 is 0. The number of benzene rings is 2. The Labute approximate surface area is 176 Å². The van der Waals surface area contributed by atoms with Crippen molar-refractivity contribution in [2.75, 3.05) is 30.0 Å². The lowest BCUT2D eigenvalue weighted by Crippen LogP contribution is -2.40. The highest BCUT2D eigenvalue weighted by molar-refractivity contribution is 5.98. The topological polar surface area (TPSA) is 84.9 Å². The second kappa shape index (κ2) is 9.91. The molecule has 0 aliphatic carbocycles. The lowest BCUT2D eigenvalue weighted by atomic mass is 10.0. The first-order chi connectivity index (χ1) is 14.5. The molecule has 0 aromatic heterocycles. The van der Waals surface area contributed by atoms with E-state index in [1.54, 1.807) is 18.2 Å². The van der Waals surface area contributed by atoms with Gasteiger partial charge in [-0.1, -0.05) is 44.2 Å². The maximum Gasteiger partial charge on any atom is 0.308 e. The molecule has 7 heteroatoms. The van der Waals surface area contributed by atoms with E-state index in [1.165, 1.54) is 4.90 Å². The van der Waals surface area contributed by atoms with E-state index in [1.807, 2.05) is 38.1 Å². The van der Waals surface area contributed by atoms with Gasteiger partial charge >= 0.3 is 5.97 Å². The standard InChI is InChI=1S/C23H26N2O5/c1-3-16-8-7-9-17(4-2)23(16)24-20(26)14-30-22(28)12-13-25-18-10-5-6-11-19(18)29-15-21(25)27/h5-11H,3-4,12-15H2,1-2H3,(H,24,26). The number of aryl methyl sites for hydroxylation is 2. The molecule has 7 nitrogen and oxygen atoms in total. The lowest BCUT2D eigenvalue weighted by Gasteiger charge is -2.28. The van der Waals surface area contributed by atoms with Crippen LogP contribution in [0.1, 0.15) is 31.4 Å². The Kier molecular flexibility index (Phi) is 7.06. The molecule has 30 heavy (non-hydrogen) atoms. The van der Waals surface area contributed by atoms with Gasteiger partial charge in [0, 0.05) is 12.2 Å². The van der Waals surface area contributed by atoms with Crippen molar-refractivity contribution in [2.45, 2.75) is 33.1 Å². The van der Waals surface area contributed by atoms with Crippen LogP contribution in [0.5, 0.6) is 5.75 Å². The molecule has 1 aliphatic heterocycles. The van der Waals surface area contributed by atoms with E-state index in [0.29, 0.717) is 11.4 Å². The Balaban J connectivity index is 1.52. The predicted octanol–water partition coefficient (Wildman–Crippen LogP) is 3.11. The number of amides is 2. The van der Waals surface area contributed by atoms with E-state index in [-0.39, 0.29) is 38.0 Å². The average molecular weight is 410 g/mol. The molecule has 2 amide bonds. The van der Waals surface area contributed by atoms with Gasteiger partial charge in [0.05, 0.1) is 12.1 Å². The van der Waals surface area contributed by atoms with Crippen molar-refractivity contribution in [3.63, 3.8) is 0 Å². The summed E-state index contributed by atoms with van der Waals surface area (Å²) in [6, 6.07) is 13.1. The Morgan fingerprint density at radius 1 is 1.07 bits per heavy atom. The summed E-state index contributed by atoms with van der Waals surface area (Å²) in [7, 11) is 0. The van der Waals surface area contributed by atoms with E-state index in [0.717, 1.165) is 29.7 Å². The van der Waals surface area contributed by atoms with Crippen molar-refractivity contribution < 1.29 is 23.9 Å². The van der Waals surface area contributed by atoms with Crippen LogP contribution >= 0.6 is 0 Å². The fraction of sp³-hybridized carbons (Fsp3) is 0.348. The summed E-state index contributed by atoms with van der Waals surface area (Å²) in [6.07, 6.45) is 1.57. The quantitative estimate of drug-likeness (QED) is 0.676. The molecule has 1 heterocycles. The van der Waals surface area contributed by atoms with Crippen molar-refractivity contribution in [3.05, 3.63) is 53.6 Å². The smallest absolute Gasteiger partial charge is 0.308 e. The summed E-state index contributed by atoms with van der Waals surface area (Å²) in [5.41, 5.74) is 3.50. The summed E-state index contributed by atoms with van der Waals surface area (Å²) in [5, 5.41) is 2.86. The molecular weight excluding hydrogens is 384 g/mol. The number of carbonyl (C=O) groups excluding carboxylic acids is 3. The van der Waals surface area contributed by atoms with Gasteiger partial charge in [-0.2, -0.15) is 0 Å². The van der Waals surface area contributed by atoms with E-state index < -0.39 is 5.97 Å². The molecule has 0 fully saturated rings. The number of rotatable bonds is 8. The van der Waals surface area contributed by atoms with E-state index in [2.05, 4.69) is 5.32 Å². The number of ether oxygens (including phenoxy) is 2. The molecule has 0 atom stereocenters. The fourth-order valence-electron chi connectivity index (χ4n) is 3.40. The molecule has 0 spiro atoms. The molecule has 2 aromatic rings. The van der Waals surface area contributed by atoms with Gasteiger partial charge in [-0.25, -0.2) is 0 Å². The third-order valence-electron chi connectivity index (χ3n) is 4.98. The molecule has 1 N–H and O–H groups in total. The van der Waals surface area contributed by atoms with Crippen LogP contribution in [0.2, 0.25) is 0 Å². The van der Waals surface area contributed by atoms with Crippen LogP contribution in [0.15, 0.2) is 42.5 Å². The first-order valence-corrected chi connectivity index (χ1v) is 10.1. The van der Waals surface area contributed by atoms with E-state index >= 15 is 0 Å². The minimum Gasteiger partial charge on any atom is -0.482 e. The van der Waals surface area contributed by atoms with Crippen LogP contribution in [0.25, 0.3) is 0 Å². The fourth-order valence-corrected chi connectivity index (χ4v) is 3.40. The van der Waals surface area contributed by atoms with Crippen molar-refractivity contribution in [1.29, 1.82) is 0 Å². The van der Waals surface area contributed by atoms with Crippen LogP contribution in [0.3, 0.4) is 0 Å². The summed E-state index contributed by atoms with van der Waals surface area (Å²) in [5.74, 6) is -0.540. The molecule has 0 saturated heterocycles. The number of nitrogens with zero attached hydrogens (tertiary/aromatic N) is 1. The number of hydrogen-bond donors (Lipinski definition) is 1. The Hall–Kier alpha value is -3.35. The SMILES string of the molecule is CCc1cccc(CC)c1NC(=O)COC(=O)CCN1C(=O)COc2ccccc21. The number of anilines is 2. The zero-order valence-corrected chi connectivity index (χ0v) is 17.3. The van der Waals surface area contributed by atoms with E-state index in [9.17, 15) is 14.4 Å². The molecule has 158 valence electrons. The monoisotopic (exact) mass is 410 g/mol. The maximum atomic E-state index is 12.3. The molecule has 0 unspecified atom stereocenters. The lowest BCUT2D eigenvalue weighted by molar-refractivity contribution is -0.147. The summed E-state index contributed by atoms with van der Waals surface area (Å²) in [6.45, 7) is 3.78. The van der Waals surface area contributed by atoms with Gasteiger partial charge in [-0.05, 0) is 36.1 Å². The normalized spacial score (nSPS) is 12.7. The highest BCUT2D eigenvalue weighted by Gasteiger charge is 2.25. The van der Waals surface area contributed by atoms with E-state index in [4.69, 9.17) is 9.47 Å². The van der Waals surface area contributed by atoms with Gasteiger partial charge < -0.3 is 19.7 Å². The Bertz CT molecular complexity index is 919. The zero-order chi connectivity index (χ0) is 21.5. The van der Waals surface area contributed by atoms with Crippen LogP contribution in [-0.4, -0.2) is 37.5 Å². The number of esters is 1. The Morgan fingerprint density at radius 2 is 1.77 bits per heavy atom. The van der Waals surface area contributed by atoms with Gasteiger partial charge in [0.25, 0.3) is 11.8 Å². The first kappa shape index (κ1) is 21.4. The number of hydrogen-bond acceptors (Lipinski definition) is 5. The predicted molar refractivity (Wildman–Crippen MR) is 114 cm³/mol. The van der Waals surface area contributed by atoms with Crippen molar-refractivity contribution in [2.24, 2.45) is 0 Å². The third kappa shape index (κ3) is 4.97. The first-order valence-electron chi connectivity index (χ1n) is 10.1. The van der Waals surface area contributed by atoms with Crippen molar-refractivity contribution >= 4 is 29.2 Å². The molecule has 0 radical (unpaired) electrons. The molecule has 0 saturated carbocycles. The number of fused-ring (bicyclic) bond motifs is 1. The second-order valence-electron chi connectivity index (χ2n) is 6.92. The number of para-hydroxylation sites is 3. The summed E-state index contributed by atoms with van der Waals surface area (Å²) in [4.78, 5) is 38.1. The second-order valence-corrected chi connectivity index (χ2v) is 6.92. The van der Waals surface area contributed by atoms with Crippen LogP contribution in [0.4, 0.5) is 11.4 Å². The van der Waals surface area contributed by atoms with Gasteiger partial charge in [-0.3, -0.25) is 14.4 Å². The minimum absolute atomic E-state index is 0.0148. The third-order valence-corrected chi connectivity index (χ3v) is 4.98. The zero-order valence-electron chi connectivity index (χ0n) is 17.3. The Morgan fingerprint density at radius 3 is 2.47 bits per heavy atom. The van der Waals surface area contributed by atoms with Gasteiger partial charge in [0.1, 0.15) is 5.75 Å². The molecule has 3 rings (SSSR count). The largest absolute Gasteiger partial charge is 0.482 e. The van der Waals surface area contributed by atoms with Crippen molar-refractivity contribution in [1.82, 2.24) is 0 Å². The van der Waals surface area contributed by atoms with Crippen LogP contribution in [-0.2, 0) is 32.0 Å². The van der Waals surface area contributed by atoms with Crippen molar-refractivity contribution in [3.8, 4) is 5.75 Å². The highest BCUT2D eigenvalue weighted by atomic mass is 16.5. The number of nitrogens with one attached hydrogen (secondary N) is 1. The molecular formula is C23H26N2O5. The van der Waals surface area contributed by atoms with Gasteiger partial charge in [-0.15, -0.1) is 0 Å². The van der Waals surface area contributed by atoms with Gasteiger partial charge in [0.15, 0.2) is 13.2 Å². The van der Waals surface area contributed by atoms with Crippen LogP contribution in [0, 0.1) is 0 Å². The van der Waals surface area contributed by atoms with Crippen LogP contribution < -0.4 is 15.0 Å². The average Bonchev–Trinajstić information content (AvgIpc) is 2.77. The maximum absolute atomic E-state index is 12.3. The number of carbonyl (C=O) groups is 3.